The van der Waals surface area contributed by atoms with Gasteiger partial charge in [-0.3, -0.25) is 0 Å². The number of nitrogens with one attached hydrogen (secondary N) is 1. The van der Waals surface area contributed by atoms with Crippen LogP contribution in [-0.4, -0.2) is 19.7 Å². The van der Waals surface area contributed by atoms with E-state index in [1.54, 1.807) is 0 Å². The van der Waals surface area contributed by atoms with Crippen LogP contribution in [0.15, 0.2) is 54.6 Å². The largest absolute Gasteiger partial charge is 0.492 e. The van der Waals surface area contributed by atoms with Crippen molar-refractivity contribution in [2.75, 3.05) is 19.7 Å². The van der Waals surface area contributed by atoms with Crippen molar-refractivity contribution in [2.24, 2.45) is 11.8 Å². The van der Waals surface area contributed by atoms with Crippen molar-refractivity contribution in [3.05, 3.63) is 65.7 Å². The minimum atomic E-state index is -0.0287. The fourth-order valence-corrected chi connectivity index (χ4v) is 4.09. The summed E-state index contributed by atoms with van der Waals surface area (Å²) >= 11 is 0. The van der Waals surface area contributed by atoms with Crippen LogP contribution in [0.3, 0.4) is 0 Å². The van der Waals surface area contributed by atoms with Crippen molar-refractivity contribution < 1.29 is 4.74 Å². The molecule has 0 saturated heterocycles. The predicted octanol–water partition coefficient (Wildman–Crippen LogP) is 4.39. The Morgan fingerprint density at radius 3 is 2.62 bits per heavy atom. The van der Waals surface area contributed by atoms with Gasteiger partial charge in [0.15, 0.2) is 0 Å². The van der Waals surface area contributed by atoms with Crippen LogP contribution < -0.4 is 10.1 Å². The molecule has 1 aliphatic heterocycles. The smallest absolute Gasteiger partial charge is 0.123 e. The van der Waals surface area contributed by atoms with Crippen LogP contribution in [0.2, 0.25) is 0 Å². The fraction of sp³-hybridized carbons (Fsp3) is 0.455. The molecule has 1 heterocycles. The summed E-state index contributed by atoms with van der Waals surface area (Å²) in [5.41, 5.74) is 2.70. The molecule has 1 aliphatic carbocycles. The lowest BCUT2D eigenvalue weighted by atomic mass is 9.66. The first-order valence-corrected chi connectivity index (χ1v) is 9.29. The second-order valence-corrected chi connectivity index (χ2v) is 7.46. The number of ether oxygens (including phenoxy) is 1. The molecule has 2 atom stereocenters. The molecule has 24 heavy (non-hydrogen) atoms. The normalized spacial score (nSPS) is 23.5. The van der Waals surface area contributed by atoms with E-state index in [-0.39, 0.29) is 5.41 Å². The van der Waals surface area contributed by atoms with Crippen LogP contribution in [-0.2, 0) is 5.41 Å². The third kappa shape index (κ3) is 2.84. The monoisotopic (exact) mass is 321 g/mol. The summed E-state index contributed by atoms with van der Waals surface area (Å²) in [6, 6.07) is 19.5. The highest BCUT2D eigenvalue weighted by Gasteiger charge is 2.46. The van der Waals surface area contributed by atoms with Crippen LogP contribution in [0.1, 0.15) is 37.3 Å². The number of rotatable bonds is 7. The van der Waals surface area contributed by atoms with Gasteiger partial charge in [-0.1, -0.05) is 55.5 Å². The van der Waals surface area contributed by atoms with E-state index < -0.39 is 0 Å². The average Bonchev–Trinajstić information content (AvgIpc) is 3.38. The average molecular weight is 321 g/mol. The van der Waals surface area contributed by atoms with Gasteiger partial charge in [0.1, 0.15) is 12.4 Å². The molecule has 1 fully saturated rings. The van der Waals surface area contributed by atoms with Crippen LogP contribution in [0.25, 0.3) is 0 Å². The van der Waals surface area contributed by atoms with Crippen molar-refractivity contribution in [3.8, 4) is 5.75 Å². The minimum absolute atomic E-state index is 0.0287. The summed E-state index contributed by atoms with van der Waals surface area (Å²) in [5, 5.41) is 3.65. The zero-order valence-electron chi connectivity index (χ0n) is 14.5. The first-order valence-electron chi connectivity index (χ1n) is 9.29. The first-order chi connectivity index (χ1) is 11.8. The van der Waals surface area contributed by atoms with Gasteiger partial charge in [0.25, 0.3) is 0 Å². The molecule has 4 rings (SSSR count). The number of para-hydroxylation sites is 1. The van der Waals surface area contributed by atoms with Crippen LogP contribution in [0.5, 0.6) is 5.75 Å². The quantitative estimate of drug-likeness (QED) is 0.764. The Morgan fingerprint density at radius 2 is 1.83 bits per heavy atom. The summed E-state index contributed by atoms with van der Waals surface area (Å²) < 4.78 is 6.12. The van der Waals surface area contributed by atoms with Gasteiger partial charge in [0.05, 0.1) is 5.41 Å². The van der Waals surface area contributed by atoms with Crippen LogP contribution >= 0.6 is 0 Å². The number of benzene rings is 2. The molecule has 2 aromatic rings. The van der Waals surface area contributed by atoms with Gasteiger partial charge >= 0.3 is 0 Å². The third-order valence-corrected chi connectivity index (χ3v) is 5.84. The Labute approximate surface area is 145 Å². The number of hydrogen-bond donors (Lipinski definition) is 1. The summed E-state index contributed by atoms with van der Waals surface area (Å²) in [5.74, 6) is 2.52. The van der Waals surface area contributed by atoms with Gasteiger partial charge in [-0.2, -0.15) is 0 Å². The van der Waals surface area contributed by atoms with E-state index in [4.69, 9.17) is 4.74 Å². The highest BCUT2D eigenvalue weighted by Crippen LogP contribution is 2.49. The molecule has 1 saturated carbocycles. The van der Waals surface area contributed by atoms with E-state index in [0.29, 0.717) is 5.92 Å². The van der Waals surface area contributed by atoms with Gasteiger partial charge in [0.2, 0.25) is 0 Å². The lowest BCUT2D eigenvalue weighted by Gasteiger charge is -2.35. The predicted molar refractivity (Wildman–Crippen MR) is 98.5 cm³/mol. The Bertz CT molecular complexity index is 679. The molecule has 2 aliphatic rings. The molecule has 2 heteroatoms. The minimum Gasteiger partial charge on any atom is -0.492 e. The van der Waals surface area contributed by atoms with Crippen molar-refractivity contribution >= 4 is 0 Å². The lowest BCUT2D eigenvalue weighted by Crippen LogP contribution is -2.38. The summed E-state index contributed by atoms with van der Waals surface area (Å²) in [6.07, 6.45) is 3.99. The van der Waals surface area contributed by atoms with Gasteiger partial charge in [0, 0.05) is 5.56 Å². The van der Waals surface area contributed by atoms with Gasteiger partial charge in [-0.25, -0.2) is 0 Å². The molecule has 0 spiro atoms. The maximum Gasteiger partial charge on any atom is 0.123 e. The van der Waals surface area contributed by atoms with Crippen molar-refractivity contribution in [1.82, 2.24) is 5.32 Å². The molecule has 0 amide bonds. The summed E-state index contributed by atoms with van der Waals surface area (Å²) in [4.78, 5) is 0. The highest BCUT2D eigenvalue weighted by atomic mass is 16.5. The molecule has 0 aromatic heterocycles. The molecule has 0 bridgehead atoms. The Morgan fingerprint density at radius 1 is 1.08 bits per heavy atom. The number of hydrogen-bond acceptors (Lipinski definition) is 2. The molecular weight excluding hydrogens is 294 g/mol. The summed E-state index contributed by atoms with van der Waals surface area (Å²) in [7, 11) is 0. The molecule has 2 unspecified atom stereocenters. The molecule has 1 N–H and O–H groups in total. The maximum absolute atomic E-state index is 6.12. The maximum atomic E-state index is 6.12. The van der Waals surface area contributed by atoms with Crippen molar-refractivity contribution in [3.63, 3.8) is 0 Å². The van der Waals surface area contributed by atoms with Crippen LogP contribution in [0.4, 0.5) is 0 Å². The van der Waals surface area contributed by atoms with Crippen molar-refractivity contribution in [1.29, 1.82) is 0 Å². The zero-order valence-corrected chi connectivity index (χ0v) is 14.5. The SMILES string of the molecule is CC(CCNCC1CC1)C1(c2ccccc2)COc2ccccc21. The van der Waals surface area contributed by atoms with E-state index in [9.17, 15) is 0 Å². The molecule has 2 aromatic carbocycles. The zero-order chi connectivity index (χ0) is 16.4. The molecular formula is C22H27NO. The van der Waals surface area contributed by atoms with E-state index in [0.717, 1.165) is 24.8 Å². The van der Waals surface area contributed by atoms with E-state index in [2.05, 4.69) is 66.8 Å². The van der Waals surface area contributed by atoms with Crippen LogP contribution in [0, 0.1) is 11.8 Å². The van der Waals surface area contributed by atoms with Gasteiger partial charge in [-0.15, -0.1) is 0 Å². The second kappa shape index (κ2) is 6.60. The van der Waals surface area contributed by atoms with Gasteiger partial charge in [-0.05, 0) is 55.8 Å². The molecule has 2 nitrogen and oxygen atoms in total. The third-order valence-electron chi connectivity index (χ3n) is 5.84. The fourth-order valence-electron chi connectivity index (χ4n) is 4.09. The van der Waals surface area contributed by atoms with Gasteiger partial charge < -0.3 is 10.1 Å². The standard InChI is InChI=1S/C22H27NO/c1-17(13-14-23-15-18-11-12-18)22(19-7-3-2-4-8-19)16-24-21-10-6-5-9-20(21)22/h2-10,17-18,23H,11-16H2,1H3. The first kappa shape index (κ1) is 15.7. The van der Waals surface area contributed by atoms with E-state index >= 15 is 0 Å². The molecule has 126 valence electrons. The lowest BCUT2D eigenvalue weighted by molar-refractivity contribution is 0.230. The summed E-state index contributed by atoms with van der Waals surface area (Å²) in [6.45, 7) is 5.42. The Balaban J connectivity index is 1.59. The Hall–Kier alpha value is -1.80. The van der Waals surface area contributed by atoms with E-state index in [1.165, 1.54) is 36.9 Å². The second-order valence-electron chi connectivity index (χ2n) is 7.46. The Kier molecular flexibility index (Phi) is 4.32. The number of fused-ring (bicyclic) bond motifs is 1. The topological polar surface area (TPSA) is 21.3 Å². The molecule has 0 radical (unpaired) electrons. The van der Waals surface area contributed by atoms with E-state index in [1.807, 2.05) is 0 Å². The highest BCUT2D eigenvalue weighted by molar-refractivity contribution is 5.51. The van der Waals surface area contributed by atoms with Crippen molar-refractivity contribution in [2.45, 2.75) is 31.6 Å².